The van der Waals surface area contributed by atoms with E-state index in [1.54, 1.807) is 6.92 Å². The van der Waals surface area contributed by atoms with E-state index in [-0.39, 0.29) is 0 Å². The van der Waals surface area contributed by atoms with Gasteiger partial charge >= 0.3 is 0 Å². The summed E-state index contributed by atoms with van der Waals surface area (Å²) in [7, 11) is 0. The van der Waals surface area contributed by atoms with Gasteiger partial charge in [0.2, 0.25) is 0 Å². The van der Waals surface area contributed by atoms with Crippen molar-refractivity contribution in [3.8, 4) is 0 Å². The molecule has 1 N–H and O–H groups in total. The standard InChI is InChI=1S/C13H15Cl2NO/c1-3-6-16-11-5-4-9(14)7-10(11)12(8(2)17)13(16)15/h4-5,7-8,17H,3,6H2,1-2H3. The van der Waals surface area contributed by atoms with Crippen LogP contribution in [0.15, 0.2) is 18.2 Å². The lowest BCUT2D eigenvalue weighted by atomic mass is 10.1. The monoisotopic (exact) mass is 271 g/mol. The van der Waals surface area contributed by atoms with Gasteiger partial charge in [0.1, 0.15) is 5.15 Å². The summed E-state index contributed by atoms with van der Waals surface area (Å²) in [4.78, 5) is 0. The molecule has 92 valence electrons. The van der Waals surface area contributed by atoms with Gasteiger partial charge in [-0.15, -0.1) is 0 Å². The molecule has 0 aliphatic heterocycles. The van der Waals surface area contributed by atoms with Crippen molar-refractivity contribution in [3.05, 3.63) is 33.9 Å². The molecule has 2 nitrogen and oxygen atoms in total. The molecule has 0 amide bonds. The fourth-order valence-electron chi connectivity index (χ4n) is 2.16. The van der Waals surface area contributed by atoms with Crippen LogP contribution in [0, 0.1) is 0 Å². The van der Waals surface area contributed by atoms with Crippen molar-refractivity contribution < 1.29 is 5.11 Å². The Kier molecular flexibility index (Phi) is 3.67. The van der Waals surface area contributed by atoms with Crippen molar-refractivity contribution >= 4 is 34.1 Å². The van der Waals surface area contributed by atoms with Crippen LogP contribution in [0.25, 0.3) is 10.9 Å². The van der Waals surface area contributed by atoms with Crippen LogP contribution < -0.4 is 0 Å². The highest BCUT2D eigenvalue weighted by atomic mass is 35.5. The van der Waals surface area contributed by atoms with E-state index in [0.29, 0.717) is 10.2 Å². The smallest absolute Gasteiger partial charge is 0.115 e. The molecule has 2 aromatic rings. The zero-order valence-corrected chi connectivity index (χ0v) is 11.4. The van der Waals surface area contributed by atoms with Crippen LogP contribution in [-0.2, 0) is 6.54 Å². The van der Waals surface area contributed by atoms with E-state index in [2.05, 4.69) is 6.92 Å². The second-order valence-electron chi connectivity index (χ2n) is 4.19. The normalized spacial score (nSPS) is 13.2. The van der Waals surface area contributed by atoms with E-state index in [1.165, 1.54) is 0 Å². The minimum Gasteiger partial charge on any atom is -0.389 e. The van der Waals surface area contributed by atoms with E-state index in [1.807, 2.05) is 22.8 Å². The zero-order valence-electron chi connectivity index (χ0n) is 9.87. The zero-order chi connectivity index (χ0) is 12.6. The van der Waals surface area contributed by atoms with Crippen LogP contribution in [-0.4, -0.2) is 9.67 Å². The first-order chi connectivity index (χ1) is 8.06. The molecule has 17 heavy (non-hydrogen) atoms. The minimum absolute atomic E-state index is 0.596. The van der Waals surface area contributed by atoms with E-state index < -0.39 is 6.10 Å². The highest BCUT2D eigenvalue weighted by molar-refractivity contribution is 6.33. The number of aliphatic hydroxyl groups excluding tert-OH is 1. The number of aromatic nitrogens is 1. The molecule has 4 heteroatoms. The van der Waals surface area contributed by atoms with Crippen LogP contribution in [0.4, 0.5) is 0 Å². The van der Waals surface area contributed by atoms with E-state index in [4.69, 9.17) is 23.2 Å². The summed E-state index contributed by atoms with van der Waals surface area (Å²) >= 11 is 12.3. The Balaban J connectivity index is 2.78. The molecule has 1 aromatic carbocycles. The summed E-state index contributed by atoms with van der Waals surface area (Å²) in [5.74, 6) is 0. The number of aliphatic hydroxyl groups is 1. The van der Waals surface area contributed by atoms with Gasteiger partial charge < -0.3 is 9.67 Å². The molecule has 1 atom stereocenters. The summed E-state index contributed by atoms with van der Waals surface area (Å²) in [6, 6.07) is 5.65. The predicted molar refractivity (Wildman–Crippen MR) is 72.9 cm³/mol. The van der Waals surface area contributed by atoms with Crippen LogP contribution >= 0.6 is 23.2 Å². The van der Waals surface area contributed by atoms with E-state index in [0.717, 1.165) is 29.4 Å². The Morgan fingerprint density at radius 3 is 2.65 bits per heavy atom. The Hall–Kier alpha value is -0.700. The number of halogens is 2. The quantitative estimate of drug-likeness (QED) is 0.879. The lowest BCUT2D eigenvalue weighted by molar-refractivity contribution is 0.200. The van der Waals surface area contributed by atoms with Gasteiger partial charge in [0.25, 0.3) is 0 Å². The van der Waals surface area contributed by atoms with Gasteiger partial charge in [0.05, 0.1) is 6.10 Å². The molecule has 0 saturated heterocycles. The number of rotatable bonds is 3. The highest BCUT2D eigenvalue weighted by Crippen LogP contribution is 2.35. The van der Waals surface area contributed by atoms with Crippen molar-refractivity contribution in [3.63, 3.8) is 0 Å². The molecule has 0 radical (unpaired) electrons. The van der Waals surface area contributed by atoms with Crippen molar-refractivity contribution in [1.82, 2.24) is 4.57 Å². The molecule has 1 aromatic heterocycles. The summed E-state index contributed by atoms with van der Waals surface area (Å²) < 4.78 is 2.02. The summed E-state index contributed by atoms with van der Waals surface area (Å²) in [6.07, 6.45) is 0.396. The molecule has 0 aliphatic carbocycles. The maximum absolute atomic E-state index is 9.83. The third-order valence-corrected chi connectivity index (χ3v) is 3.51. The Morgan fingerprint density at radius 2 is 2.06 bits per heavy atom. The maximum atomic E-state index is 9.83. The van der Waals surface area contributed by atoms with Gasteiger partial charge in [0, 0.05) is 28.0 Å². The molecule has 2 rings (SSSR count). The van der Waals surface area contributed by atoms with Gasteiger partial charge in [-0.25, -0.2) is 0 Å². The average Bonchev–Trinajstić information content (AvgIpc) is 2.52. The molecule has 0 saturated carbocycles. The summed E-state index contributed by atoms with van der Waals surface area (Å²) in [6.45, 7) is 4.65. The van der Waals surface area contributed by atoms with Gasteiger partial charge in [-0.05, 0) is 31.5 Å². The lowest BCUT2D eigenvalue weighted by Gasteiger charge is -2.05. The minimum atomic E-state index is -0.596. The predicted octanol–water partition coefficient (Wildman–Crippen LogP) is 4.41. The SMILES string of the molecule is CCCn1c(Cl)c(C(C)O)c2cc(Cl)ccc21. The molecular formula is C13H15Cl2NO. The average molecular weight is 272 g/mol. The summed E-state index contributed by atoms with van der Waals surface area (Å²) in [5, 5.41) is 12.0. The first-order valence-corrected chi connectivity index (χ1v) is 6.47. The number of aryl methyl sites for hydroxylation is 1. The van der Waals surface area contributed by atoms with E-state index >= 15 is 0 Å². The highest BCUT2D eigenvalue weighted by Gasteiger charge is 2.18. The topological polar surface area (TPSA) is 25.2 Å². The maximum Gasteiger partial charge on any atom is 0.115 e. The molecule has 1 heterocycles. The Morgan fingerprint density at radius 1 is 1.35 bits per heavy atom. The molecule has 0 bridgehead atoms. The number of hydrogen-bond donors (Lipinski definition) is 1. The van der Waals surface area contributed by atoms with Gasteiger partial charge in [0.15, 0.2) is 0 Å². The van der Waals surface area contributed by atoms with Crippen LogP contribution in [0.2, 0.25) is 10.2 Å². The second-order valence-corrected chi connectivity index (χ2v) is 4.99. The third kappa shape index (κ3) is 2.17. The summed E-state index contributed by atoms with van der Waals surface area (Å²) in [5.41, 5.74) is 1.79. The lowest BCUT2D eigenvalue weighted by Crippen LogP contribution is -1.97. The fraction of sp³-hybridized carbons (Fsp3) is 0.385. The van der Waals surface area contributed by atoms with Crippen molar-refractivity contribution in [2.24, 2.45) is 0 Å². The largest absolute Gasteiger partial charge is 0.389 e. The second kappa shape index (κ2) is 4.89. The number of benzene rings is 1. The van der Waals surface area contributed by atoms with Crippen LogP contribution in [0.5, 0.6) is 0 Å². The van der Waals surface area contributed by atoms with Crippen LogP contribution in [0.1, 0.15) is 31.9 Å². The first kappa shape index (κ1) is 12.7. The van der Waals surface area contributed by atoms with E-state index in [9.17, 15) is 5.11 Å². The van der Waals surface area contributed by atoms with Crippen molar-refractivity contribution in [2.45, 2.75) is 32.9 Å². The number of hydrogen-bond acceptors (Lipinski definition) is 1. The molecule has 0 spiro atoms. The fourth-order valence-corrected chi connectivity index (χ4v) is 2.77. The van der Waals surface area contributed by atoms with Crippen molar-refractivity contribution in [2.75, 3.05) is 0 Å². The first-order valence-electron chi connectivity index (χ1n) is 5.71. The Labute approximate surface area is 111 Å². The Bertz CT molecular complexity index is 546. The van der Waals surface area contributed by atoms with Gasteiger partial charge in [-0.3, -0.25) is 0 Å². The molecule has 0 aliphatic rings. The van der Waals surface area contributed by atoms with Gasteiger partial charge in [-0.2, -0.15) is 0 Å². The third-order valence-electron chi connectivity index (χ3n) is 2.86. The molecular weight excluding hydrogens is 257 g/mol. The molecule has 0 fully saturated rings. The number of fused-ring (bicyclic) bond motifs is 1. The number of nitrogens with zero attached hydrogens (tertiary/aromatic N) is 1. The van der Waals surface area contributed by atoms with Gasteiger partial charge in [-0.1, -0.05) is 30.1 Å². The van der Waals surface area contributed by atoms with Crippen LogP contribution in [0.3, 0.4) is 0 Å². The molecule has 1 unspecified atom stereocenters. The van der Waals surface area contributed by atoms with Crippen molar-refractivity contribution in [1.29, 1.82) is 0 Å².